The maximum atomic E-state index is 12.2. The maximum Gasteiger partial charge on any atom is 0.407 e. The van der Waals surface area contributed by atoms with Crippen molar-refractivity contribution in [3.8, 4) is 0 Å². The summed E-state index contributed by atoms with van der Waals surface area (Å²) in [6, 6.07) is 5.64. The third-order valence-electron chi connectivity index (χ3n) is 3.00. The fourth-order valence-corrected chi connectivity index (χ4v) is 2.55. The quantitative estimate of drug-likeness (QED) is 0.907. The zero-order chi connectivity index (χ0) is 15.6. The van der Waals surface area contributed by atoms with E-state index in [2.05, 4.69) is 21.2 Å². The first-order valence-electron chi connectivity index (χ1n) is 6.81. The second kappa shape index (κ2) is 6.05. The van der Waals surface area contributed by atoms with Gasteiger partial charge in [-0.1, -0.05) is 15.9 Å². The molecule has 0 atom stereocenters. The van der Waals surface area contributed by atoms with Crippen LogP contribution in [0.25, 0.3) is 0 Å². The van der Waals surface area contributed by atoms with Crippen LogP contribution in [0.3, 0.4) is 0 Å². The predicted octanol–water partition coefficient (Wildman–Crippen LogP) is 2.93. The normalized spacial score (nSPS) is 14.1. The lowest BCUT2D eigenvalue weighted by Gasteiger charge is -2.21. The molecule has 2 rings (SSSR count). The van der Waals surface area contributed by atoms with E-state index in [4.69, 9.17) is 4.74 Å². The van der Waals surface area contributed by atoms with Crippen LogP contribution >= 0.6 is 15.9 Å². The minimum atomic E-state index is -0.518. The van der Waals surface area contributed by atoms with Crippen LogP contribution in [0, 0.1) is 0 Å². The Kier molecular flexibility index (Phi) is 4.56. The fourth-order valence-electron chi connectivity index (χ4n) is 2.14. The van der Waals surface area contributed by atoms with E-state index in [1.54, 1.807) is 4.90 Å². The average molecular weight is 355 g/mol. The van der Waals surface area contributed by atoms with Crippen LogP contribution in [0.2, 0.25) is 0 Å². The summed E-state index contributed by atoms with van der Waals surface area (Å²) in [4.78, 5) is 25.4. The maximum absolute atomic E-state index is 12.2. The van der Waals surface area contributed by atoms with Gasteiger partial charge in [-0.25, -0.2) is 4.79 Å². The highest BCUT2D eigenvalue weighted by atomic mass is 79.9. The largest absolute Gasteiger partial charge is 0.444 e. The number of alkyl carbamates (subject to hydrolysis) is 1. The van der Waals surface area contributed by atoms with Crippen molar-refractivity contribution < 1.29 is 14.3 Å². The first kappa shape index (κ1) is 15.8. The number of carbonyl (C=O) groups is 2. The summed E-state index contributed by atoms with van der Waals surface area (Å²) >= 11 is 3.40. The minimum Gasteiger partial charge on any atom is -0.444 e. The number of hydrogen-bond acceptors (Lipinski definition) is 3. The average Bonchev–Trinajstić information content (AvgIpc) is 2.63. The van der Waals surface area contributed by atoms with Crippen LogP contribution < -0.4 is 5.32 Å². The number of benzene rings is 1. The molecule has 0 fully saturated rings. The Morgan fingerprint density at radius 3 is 2.81 bits per heavy atom. The van der Waals surface area contributed by atoms with Crippen molar-refractivity contribution in [1.82, 2.24) is 10.2 Å². The van der Waals surface area contributed by atoms with Gasteiger partial charge in [-0.2, -0.15) is 0 Å². The summed E-state index contributed by atoms with van der Waals surface area (Å²) in [5.41, 5.74) is 1.22. The zero-order valence-corrected chi connectivity index (χ0v) is 14.0. The van der Waals surface area contributed by atoms with Gasteiger partial charge in [0.2, 0.25) is 0 Å². The molecule has 0 spiro atoms. The molecule has 0 aliphatic carbocycles. The van der Waals surface area contributed by atoms with E-state index < -0.39 is 11.7 Å². The van der Waals surface area contributed by atoms with Crippen molar-refractivity contribution in [1.29, 1.82) is 0 Å². The Morgan fingerprint density at radius 1 is 1.43 bits per heavy atom. The number of nitrogens with zero attached hydrogens (tertiary/aromatic N) is 1. The van der Waals surface area contributed by atoms with Gasteiger partial charge >= 0.3 is 6.09 Å². The topological polar surface area (TPSA) is 58.6 Å². The number of fused-ring (bicyclic) bond motifs is 1. The molecular weight excluding hydrogens is 336 g/mol. The number of nitrogens with one attached hydrogen (secondary N) is 1. The Morgan fingerprint density at radius 2 is 2.14 bits per heavy atom. The Bertz CT molecular complexity index is 567. The number of hydrogen-bond donors (Lipinski definition) is 1. The number of ether oxygens (including phenoxy) is 1. The molecule has 21 heavy (non-hydrogen) atoms. The second-order valence-corrected chi connectivity index (χ2v) is 6.87. The van der Waals surface area contributed by atoms with Crippen molar-refractivity contribution in [3.63, 3.8) is 0 Å². The fraction of sp³-hybridized carbons (Fsp3) is 0.467. The summed E-state index contributed by atoms with van der Waals surface area (Å²) in [5.74, 6) is 0.00323. The Hall–Kier alpha value is -1.56. The first-order valence-corrected chi connectivity index (χ1v) is 7.60. The molecule has 0 saturated heterocycles. The van der Waals surface area contributed by atoms with E-state index in [1.807, 2.05) is 39.0 Å². The van der Waals surface area contributed by atoms with E-state index >= 15 is 0 Å². The van der Waals surface area contributed by atoms with E-state index in [0.29, 0.717) is 19.6 Å². The molecule has 1 aliphatic heterocycles. The van der Waals surface area contributed by atoms with Gasteiger partial charge in [0.1, 0.15) is 5.60 Å². The minimum absolute atomic E-state index is 0.00323. The third kappa shape index (κ3) is 4.20. The number of carbonyl (C=O) groups excluding carboxylic acids is 2. The number of halogens is 1. The van der Waals surface area contributed by atoms with Gasteiger partial charge in [0.15, 0.2) is 0 Å². The van der Waals surface area contributed by atoms with Crippen LogP contribution in [0.15, 0.2) is 22.7 Å². The van der Waals surface area contributed by atoms with E-state index in [9.17, 15) is 9.59 Å². The summed E-state index contributed by atoms with van der Waals surface area (Å²) in [6.45, 7) is 6.84. The molecule has 6 heteroatoms. The summed E-state index contributed by atoms with van der Waals surface area (Å²) in [6.07, 6.45) is -0.464. The highest BCUT2D eigenvalue weighted by Crippen LogP contribution is 2.25. The Labute approximate surface area is 132 Å². The summed E-state index contributed by atoms with van der Waals surface area (Å²) in [5, 5.41) is 2.66. The lowest BCUT2D eigenvalue weighted by molar-refractivity contribution is 0.0515. The van der Waals surface area contributed by atoms with Gasteiger partial charge in [0.25, 0.3) is 5.91 Å². The van der Waals surface area contributed by atoms with Crippen LogP contribution in [0.4, 0.5) is 4.79 Å². The van der Waals surface area contributed by atoms with Gasteiger partial charge in [-0.15, -0.1) is 0 Å². The van der Waals surface area contributed by atoms with Crippen molar-refractivity contribution in [2.24, 2.45) is 0 Å². The molecule has 2 amide bonds. The van der Waals surface area contributed by atoms with E-state index in [-0.39, 0.29) is 5.91 Å². The van der Waals surface area contributed by atoms with Gasteiger partial charge in [-0.3, -0.25) is 4.79 Å². The molecule has 5 nitrogen and oxygen atoms in total. The molecule has 1 aliphatic rings. The molecule has 0 radical (unpaired) electrons. The molecular formula is C15H19BrN2O3. The predicted molar refractivity (Wildman–Crippen MR) is 83.1 cm³/mol. The van der Waals surface area contributed by atoms with Gasteiger partial charge in [0, 0.05) is 29.7 Å². The van der Waals surface area contributed by atoms with Crippen LogP contribution in [0.5, 0.6) is 0 Å². The highest BCUT2D eigenvalue weighted by molar-refractivity contribution is 9.10. The van der Waals surface area contributed by atoms with E-state index in [0.717, 1.165) is 15.6 Å². The first-order chi connectivity index (χ1) is 9.76. The third-order valence-corrected chi connectivity index (χ3v) is 3.49. The molecule has 0 saturated carbocycles. The zero-order valence-electron chi connectivity index (χ0n) is 12.4. The summed E-state index contributed by atoms with van der Waals surface area (Å²) in [7, 11) is 0. The molecule has 0 unspecified atom stereocenters. The van der Waals surface area contributed by atoms with Crippen LogP contribution in [-0.2, 0) is 11.3 Å². The van der Waals surface area contributed by atoms with Gasteiger partial charge in [-0.05, 0) is 44.5 Å². The standard InChI is InChI=1S/C15H19BrN2O3/c1-15(2,3)21-14(20)17-6-7-18-9-10-8-11(16)4-5-12(10)13(18)19/h4-5,8H,6-7,9H2,1-3H3,(H,17,20). The smallest absolute Gasteiger partial charge is 0.407 e. The van der Waals surface area contributed by atoms with Gasteiger partial charge < -0.3 is 15.0 Å². The Balaban J connectivity index is 1.84. The van der Waals surface area contributed by atoms with Gasteiger partial charge in [0.05, 0.1) is 0 Å². The number of amides is 2. The van der Waals surface area contributed by atoms with Crippen molar-refractivity contribution in [3.05, 3.63) is 33.8 Å². The SMILES string of the molecule is CC(C)(C)OC(=O)NCCN1Cc2cc(Br)ccc2C1=O. The highest BCUT2D eigenvalue weighted by Gasteiger charge is 2.27. The second-order valence-electron chi connectivity index (χ2n) is 5.96. The molecule has 114 valence electrons. The summed E-state index contributed by atoms with van der Waals surface area (Å²) < 4.78 is 6.11. The molecule has 0 aromatic heterocycles. The van der Waals surface area contributed by atoms with Crippen molar-refractivity contribution in [2.45, 2.75) is 32.9 Å². The number of rotatable bonds is 3. The van der Waals surface area contributed by atoms with Crippen molar-refractivity contribution in [2.75, 3.05) is 13.1 Å². The lowest BCUT2D eigenvalue weighted by Crippen LogP contribution is -2.38. The molecule has 0 bridgehead atoms. The molecule has 1 aromatic carbocycles. The molecule has 1 heterocycles. The lowest BCUT2D eigenvalue weighted by atomic mass is 10.1. The molecule has 1 aromatic rings. The van der Waals surface area contributed by atoms with Crippen LogP contribution in [0.1, 0.15) is 36.7 Å². The monoisotopic (exact) mass is 354 g/mol. The van der Waals surface area contributed by atoms with E-state index in [1.165, 1.54) is 0 Å². The van der Waals surface area contributed by atoms with Crippen molar-refractivity contribution >= 4 is 27.9 Å². The molecule has 1 N–H and O–H groups in total. The van der Waals surface area contributed by atoms with Crippen LogP contribution in [-0.4, -0.2) is 35.6 Å².